The van der Waals surface area contributed by atoms with E-state index < -0.39 is 11.9 Å². The van der Waals surface area contributed by atoms with Crippen LogP contribution in [0, 0.1) is 18.2 Å². The number of hydrogen-bond acceptors (Lipinski definition) is 8. The summed E-state index contributed by atoms with van der Waals surface area (Å²) in [7, 11) is 2.04. The van der Waals surface area contributed by atoms with Gasteiger partial charge in [0.2, 0.25) is 12.5 Å². The second-order valence-corrected chi connectivity index (χ2v) is 11.4. The molecule has 2 fully saturated rings. The Bertz CT molecular complexity index is 1720. The third-order valence-electron chi connectivity index (χ3n) is 8.07. The van der Waals surface area contributed by atoms with Crippen molar-refractivity contribution in [1.82, 2.24) is 24.8 Å². The number of halogens is 2. The molecule has 2 aliphatic rings. The second kappa shape index (κ2) is 11.6. The Balaban J connectivity index is 1.44. The van der Waals surface area contributed by atoms with E-state index in [1.807, 2.05) is 11.9 Å². The summed E-state index contributed by atoms with van der Waals surface area (Å²) >= 11 is 1.19. The molecular weight excluding hydrogens is 560 g/mol. The van der Waals surface area contributed by atoms with E-state index in [0.717, 1.165) is 19.4 Å². The van der Waals surface area contributed by atoms with E-state index in [1.54, 1.807) is 23.1 Å². The lowest BCUT2D eigenvalue weighted by Crippen LogP contribution is -2.56. The largest absolute Gasteiger partial charge is 0.462 e. The summed E-state index contributed by atoms with van der Waals surface area (Å²) in [5, 5.41) is 2.19. The minimum Gasteiger partial charge on any atom is -0.462 e. The molecule has 12 heteroatoms. The fourth-order valence-corrected chi connectivity index (χ4v) is 6.74. The Morgan fingerprint density at radius 2 is 2.10 bits per heavy atom. The average Bonchev–Trinajstić information content (AvgIpc) is 3.60. The van der Waals surface area contributed by atoms with Crippen molar-refractivity contribution in [1.29, 1.82) is 0 Å². The van der Waals surface area contributed by atoms with Crippen molar-refractivity contribution in [2.45, 2.75) is 24.9 Å². The fourth-order valence-electron chi connectivity index (χ4n) is 5.81. The summed E-state index contributed by atoms with van der Waals surface area (Å²) < 4.78 is 37.4. The highest BCUT2D eigenvalue weighted by atomic mass is 32.1. The van der Waals surface area contributed by atoms with E-state index >= 15 is 4.39 Å². The van der Waals surface area contributed by atoms with Gasteiger partial charge in [-0.15, -0.1) is 11.3 Å². The Kier molecular flexibility index (Phi) is 7.70. The molecule has 0 aliphatic carbocycles. The van der Waals surface area contributed by atoms with Crippen molar-refractivity contribution in [2.24, 2.45) is 0 Å². The maximum Gasteiger partial charge on any atom is 0.319 e. The molecule has 0 bridgehead atoms. The summed E-state index contributed by atoms with van der Waals surface area (Å²) in [4.78, 5) is 35.5. The van der Waals surface area contributed by atoms with E-state index in [9.17, 15) is 9.18 Å². The van der Waals surface area contributed by atoms with E-state index in [-0.39, 0.29) is 41.5 Å². The average molecular weight is 590 g/mol. The van der Waals surface area contributed by atoms with Crippen LogP contribution >= 0.6 is 11.3 Å². The molecule has 9 nitrogen and oxygen atoms in total. The molecule has 0 spiro atoms. The van der Waals surface area contributed by atoms with Crippen molar-refractivity contribution in [3.63, 3.8) is 0 Å². The maximum absolute atomic E-state index is 16.4. The Hall–Kier alpha value is -4.21. The van der Waals surface area contributed by atoms with Crippen LogP contribution in [0.3, 0.4) is 0 Å². The normalized spacial score (nSPS) is 19.4. The van der Waals surface area contributed by atoms with Crippen LogP contribution < -0.4 is 9.64 Å². The van der Waals surface area contributed by atoms with Gasteiger partial charge in [-0.25, -0.2) is 15.4 Å². The smallest absolute Gasteiger partial charge is 0.319 e. The first-order chi connectivity index (χ1) is 20.4. The highest BCUT2D eigenvalue weighted by molar-refractivity contribution is 7.17. The number of likely N-dealkylation sites (N-methyl/N-ethyl adjacent to an activating group) is 1. The molecule has 3 aromatic heterocycles. The van der Waals surface area contributed by atoms with Crippen LogP contribution in [-0.4, -0.2) is 89.1 Å². The Morgan fingerprint density at radius 1 is 1.24 bits per heavy atom. The van der Waals surface area contributed by atoms with Crippen LogP contribution in [0.4, 0.5) is 14.6 Å². The number of thiophene rings is 1. The highest BCUT2D eigenvalue weighted by Crippen LogP contribution is 2.38. The van der Waals surface area contributed by atoms with E-state index in [1.165, 1.54) is 29.0 Å². The number of anilines is 1. The van der Waals surface area contributed by atoms with Gasteiger partial charge in [0.15, 0.2) is 5.82 Å². The van der Waals surface area contributed by atoms with Gasteiger partial charge in [0.05, 0.1) is 5.39 Å². The van der Waals surface area contributed by atoms with E-state index in [0.29, 0.717) is 53.1 Å². The number of piperazine rings is 1. The molecule has 5 heterocycles. The van der Waals surface area contributed by atoms with Gasteiger partial charge in [0.25, 0.3) is 0 Å². The first-order valence-corrected chi connectivity index (χ1v) is 14.6. The molecule has 6 rings (SSSR count). The number of rotatable bonds is 7. The topological polar surface area (TPSA) is 79.1 Å². The molecule has 2 saturated heterocycles. The third kappa shape index (κ3) is 5.03. The summed E-state index contributed by atoms with van der Waals surface area (Å²) in [5.41, 5.74) is 0.582. The fraction of sp³-hybridized carbons (Fsp3) is 0.367. The van der Waals surface area contributed by atoms with E-state index in [2.05, 4.69) is 26.3 Å². The first-order valence-electron chi connectivity index (χ1n) is 13.8. The number of fused-ring (bicyclic) bond motifs is 2. The van der Waals surface area contributed by atoms with Gasteiger partial charge < -0.3 is 24.3 Å². The second-order valence-electron chi connectivity index (χ2n) is 10.5. The van der Waals surface area contributed by atoms with Gasteiger partial charge in [0.1, 0.15) is 35.5 Å². The van der Waals surface area contributed by atoms with Gasteiger partial charge in [-0.2, -0.15) is 9.97 Å². The van der Waals surface area contributed by atoms with E-state index in [4.69, 9.17) is 16.3 Å². The van der Waals surface area contributed by atoms with Gasteiger partial charge in [-0.3, -0.25) is 9.78 Å². The highest BCUT2D eigenvalue weighted by Gasteiger charge is 2.34. The van der Waals surface area contributed by atoms with Gasteiger partial charge >= 0.3 is 6.01 Å². The number of likely N-dealkylation sites (tertiary alicyclic amines) is 1. The number of carbonyl (C=O) groups is 1. The molecule has 0 unspecified atom stereocenters. The number of carbonyl (C=O) groups excluding carboxylic acids is 1. The number of amides is 1. The Morgan fingerprint density at radius 3 is 2.86 bits per heavy atom. The monoisotopic (exact) mass is 589 g/mol. The molecule has 0 radical (unpaired) electrons. The standard InChI is InChI=1S/C30H29F2N7O2S/c1-4-24(40)39-12-11-38(15-19(39)13-33-2)29-22-14-34-26(21-9-5-8-20-23(31)17-42-28(20)21)25(32)27(22)35-30(36-29)41-16-18-7-6-10-37(18)3/h4-5,8-9,14,17-19H,1,6-7,10-13,15-16H2,3H3/t18-,19-/m0/s1. The van der Waals surface area contributed by atoms with Crippen LogP contribution in [-0.2, 0) is 4.79 Å². The van der Waals surface area contributed by atoms with Crippen molar-refractivity contribution in [2.75, 3.05) is 51.3 Å². The van der Waals surface area contributed by atoms with Crippen LogP contribution in [0.5, 0.6) is 6.01 Å². The predicted molar refractivity (Wildman–Crippen MR) is 159 cm³/mol. The minimum atomic E-state index is -0.654. The quantitative estimate of drug-likeness (QED) is 0.227. The molecule has 4 aromatic rings. The zero-order valence-corrected chi connectivity index (χ0v) is 23.9. The number of hydrogen-bond donors (Lipinski definition) is 0. The first kappa shape index (κ1) is 27.9. The zero-order valence-electron chi connectivity index (χ0n) is 23.1. The van der Waals surface area contributed by atoms with Gasteiger partial charge in [-0.1, -0.05) is 24.8 Å². The molecule has 42 heavy (non-hydrogen) atoms. The van der Waals surface area contributed by atoms with Gasteiger partial charge in [0, 0.05) is 52.9 Å². The zero-order chi connectivity index (χ0) is 29.4. The third-order valence-corrected chi connectivity index (χ3v) is 9.07. The van der Waals surface area contributed by atoms with Crippen molar-refractivity contribution >= 4 is 44.1 Å². The van der Waals surface area contributed by atoms with Crippen molar-refractivity contribution < 1.29 is 18.3 Å². The molecule has 0 saturated carbocycles. The summed E-state index contributed by atoms with van der Waals surface area (Å²) in [6, 6.07) is 4.90. The molecule has 2 aliphatic heterocycles. The number of pyridine rings is 1. The summed E-state index contributed by atoms with van der Waals surface area (Å²) in [6.07, 6.45) is 4.84. The SMILES string of the molecule is [C-]#[N+]C[C@H]1CN(c2nc(OC[C@@H]3CCCN3C)nc3c(F)c(-c4cccc5c(F)csc45)ncc23)CCN1C(=O)C=C. The molecule has 1 amide bonds. The molecule has 1 aromatic carbocycles. The summed E-state index contributed by atoms with van der Waals surface area (Å²) in [6.45, 7) is 13.5. The van der Waals surface area contributed by atoms with Crippen molar-refractivity contribution in [3.05, 3.63) is 65.5 Å². The number of aromatic nitrogens is 3. The Labute approximate surface area is 245 Å². The molecule has 0 N–H and O–H groups in total. The van der Waals surface area contributed by atoms with Crippen LogP contribution in [0.1, 0.15) is 12.8 Å². The maximum atomic E-state index is 16.4. The molecular formula is C30H29F2N7O2S. The number of ether oxygens (including phenoxy) is 1. The van der Waals surface area contributed by atoms with Crippen LogP contribution in [0.2, 0.25) is 0 Å². The van der Waals surface area contributed by atoms with Crippen LogP contribution in [0.25, 0.3) is 37.1 Å². The molecule has 216 valence electrons. The van der Waals surface area contributed by atoms with Gasteiger partial charge in [-0.05, 0) is 32.5 Å². The minimum absolute atomic E-state index is 0.0418. The van der Waals surface area contributed by atoms with Crippen molar-refractivity contribution in [3.8, 4) is 17.3 Å². The predicted octanol–water partition coefficient (Wildman–Crippen LogP) is 4.78. The molecule has 2 atom stereocenters. The number of nitrogens with zero attached hydrogens (tertiary/aromatic N) is 7. The number of benzene rings is 1. The lowest BCUT2D eigenvalue weighted by atomic mass is 10.1. The summed E-state index contributed by atoms with van der Waals surface area (Å²) in [5.74, 6) is -0.831. The lowest BCUT2D eigenvalue weighted by Gasteiger charge is -2.39. The van der Waals surface area contributed by atoms with Crippen LogP contribution in [0.15, 0.2) is 42.4 Å². The lowest BCUT2D eigenvalue weighted by molar-refractivity contribution is -0.128.